The molecule has 0 bridgehead atoms. The molecule has 3 nitrogen and oxygen atoms in total. The van der Waals surface area contributed by atoms with Gasteiger partial charge in [-0.2, -0.15) is 0 Å². The van der Waals surface area contributed by atoms with Gasteiger partial charge < -0.3 is 9.47 Å². The number of carbonyl (C=O) groups is 1. The molecule has 0 aliphatic heterocycles. The average molecular weight is 298 g/mol. The highest BCUT2D eigenvalue weighted by Crippen LogP contribution is 2.19. The van der Waals surface area contributed by atoms with Crippen molar-refractivity contribution in [2.45, 2.75) is 33.1 Å². The molecule has 3 heteroatoms. The number of carbonyl (C=O) groups excluding carboxylic acids is 1. The highest BCUT2D eigenvalue weighted by molar-refractivity contribution is 5.91. The summed E-state index contributed by atoms with van der Waals surface area (Å²) >= 11 is 0. The van der Waals surface area contributed by atoms with Gasteiger partial charge in [0.2, 0.25) is 0 Å². The lowest BCUT2D eigenvalue weighted by atomic mass is 10.1. The predicted octanol–water partition coefficient (Wildman–Crippen LogP) is 4.78. The molecule has 0 unspecified atom stereocenters. The van der Waals surface area contributed by atoms with Crippen molar-refractivity contribution in [2.75, 3.05) is 6.61 Å². The zero-order valence-electron chi connectivity index (χ0n) is 13.2. The molecule has 0 aliphatic rings. The van der Waals surface area contributed by atoms with Gasteiger partial charge >= 0.3 is 5.97 Å². The number of esters is 1. The van der Waals surface area contributed by atoms with E-state index in [9.17, 15) is 4.79 Å². The fraction of sp³-hybridized carbons (Fsp3) is 0.316. The molecule has 0 radical (unpaired) electrons. The van der Waals surface area contributed by atoms with Crippen molar-refractivity contribution >= 4 is 5.97 Å². The number of ether oxygens (including phenoxy) is 2. The standard InChI is InChI=1S/C19H22O3/c1-3-4-5-14-21-17-10-12-18(13-11-17)22-19(20)16-8-6-15(2)7-9-16/h6-13H,3-5,14H2,1-2H3. The summed E-state index contributed by atoms with van der Waals surface area (Å²) < 4.78 is 11.0. The summed E-state index contributed by atoms with van der Waals surface area (Å²) in [6.45, 7) is 4.86. The fourth-order valence-electron chi connectivity index (χ4n) is 2.00. The van der Waals surface area contributed by atoms with E-state index >= 15 is 0 Å². The van der Waals surface area contributed by atoms with Crippen LogP contribution in [0.3, 0.4) is 0 Å². The van der Waals surface area contributed by atoms with Gasteiger partial charge in [-0.3, -0.25) is 0 Å². The topological polar surface area (TPSA) is 35.5 Å². The van der Waals surface area contributed by atoms with Crippen LogP contribution >= 0.6 is 0 Å². The van der Waals surface area contributed by atoms with E-state index in [2.05, 4.69) is 6.92 Å². The first kappa shape index (κ1) is 16.1. The second-order valence-electron chi connectivity index (χ2n) is 5.28. The molecule has 0 N–H and O–H groups in total. The number of rotatable bonds is 7. The maximum Gasteiger partial charge on any atom is 0.343 e. The summed E-state index contributed by atoms with van der Waals surface area (Å²) in [6.07, 6.45) is 3.41. The second kappa shape index (κ2) is 8.23. The summed E-state index contributed by atoms with van der Waals surface area (Å²) in [5.74, 6) is 0.967. The molecule has 0 atom stereocenters. The molecule has 0 saturated heterocycles. The van der Waals surface area contributed by atoms with Crippen LogP contribution in [0.25, 0.3) is 0 Å². The van der Waals surface area contributed by atoms with Gasteiger partial charge in [-0.25, -0.2) is 4.79 Å². The maximum absolute atomic E-state index is 12.0. The zero-order valence-corrected chi connectivity index (χ0v) is 13.2. The minimum atomic E-state index is -0.350. The van der Waals surface area contributed by atoms with E-state index in [0.717, 1.165) is 24.3 Å². The summed E-state index contributed by atoms with van der Waals surface area (Å²) in [5.41, 5.74) is 1.66. The monoisotopic (exact) mass is 298 g/mol. The molecular weight excluding hydrogens is 276 g/mol. The summed E-state index contributed by atoms with van der Waals surface area (Å²) in [7, 11) is 0. The number of benzene rings is 2. The highest BCUT2D eigenvalue weighted by Gasteiger charge is 2.08. The molecule has 0 spiro atoms. The van der Waals surface area contributed by atoms with Gasteiger partial charge in [-0.15, -0.1) is 0 Å². The van der Waals surface area contributed by atoms with Crippen LogP contribution in [-0.4, -0.2) is 12.6 Å². The third-order valence-electron chi connectivity index (χ3n) is 3.34. The number of hydrogen-bond acceptors (Lipinski definition) is 3. The Balaban J connectivity index is 1.88. The van der Waals surface area contributed by atoms with Gasteiger partial charge in [0.15, 0.2) is 0 Å². The Morgan fingerprint density at radius 2 is 1.55 bits per heavy atom. The van der Waals surface area contributed by atoms with E-state index in [1.54, 1.807) is 24.3 Å². The maximum atomic E-state index is 12.0. The van der Waals surface area contributed by atoms with Crippen LogP contribution < -0.4 is 9.47 Å². The molecule has 0 aromatic heterocycles. The third kappa shape index (κ3) is 4.92. The second-order valence-corrected chi connectivity index (χ2v) is 5.28. The van der Waals surface area contributed by atoms with Gasteiger partial charge in [-0.05, 0) is 49.7 Å². The van der Waals surface area contributed by atoms with E-state index in [1.807, 2.05) is 31.2 Å². The molecule has 2 rings (SSSR count). The Kier molecular flexibility index (Phi) is 6.01. The van der Waals surface area contributed by atoms with Crippen LogP contribution in [0, 0.1) is 6.92 Å². The Labute approximate surface area is 131 Å². The SMILES string of the molecule is CCCCCOc1ccc(OC(=O)c2ccc(C)cc2)cc1. The van der Waals surface area contributed by atoms with Crippen LogP contribution in [0.5, 0.6) is 11.5 Å². The van der Waals surface area contributed by atoms with Gasteiger partial charge in [0.05, 0.1) is 12.2 Å². The van der Waals surface area contributed by atoms with Crippen LogP contribution in [0.2, 0.25) is 0 Å². The highest BCUT2D eigenvalue weighted by atomic mass is 16.5. The van der Waals surface area contributed by atoms with Crippen LogP contribution in [-0.2, 0) is 0 Å². The van der Waals surface area contributed by atoms with E-state index in [0.29, 0.717) is 11.3 Å². The Bertz CT molecular complexity index is 585. The zero-order chi connectivity index (χ0) is 15.8. The minimum absolute atomic E-state index is 0.350. The largest absolute Gasteiger partial charge is 0.494 e. The number of unbranched alkanes of at least 4 members (excludes halogenated alkanes) is 2. The number of hydrogen-bond donors (Lipinski definition) is 0. The lowest BCUT2D eigenvalue weighted by Gasteiger charge is -2.08. The lowest BCUT2D eigenvalue weighted by molar-refractivity contribution is 0.0734. The Morgan fingerprint density at radius 1 is 0.909 bits per heavy atom. The number of aryl methyl sites for hydroxylation is 1. The van der Waals surface area contributed by atoms with Crippen molar-refractivity contribution in [1.82, 2.24) is 0 Å². The summed E-state index contributed by atoms with van der Waals surface area (Å²) in [5, 5.41) is 0. The van der Waals surface area contributed by atoms with E-state index in [4.69, 9.17) is 9.47 Å². The average Bonchev–Trinajstić information content (AvgIpc) is 2.54. The van der Waals surface area contributed by atoms with Crippen molar-refractivity contribution < 1.29 is 14.3 Å². The van der Waals surface area contributed by atoms with Crippen molar-refractivity contribution in [2.24, 2.45) is 0 Å². The van der Waals surface area contributed by atoms with Gasteiger partial charge in [0.1, 0.15) is 11.5 Å². The first-order chi connectivity index (χ1) is 10.7. The van der Waals surface area contributed by atoms with Crippen molar-refractivity contribution in [3.8, 4) is 11.5 Å². The molecular formula is C19H22O3. The smallest absolute Gasteiger partial charge is 0.343 e. The Hall–Kier alpha value is -2.29. The minimum Gasteiger partial charge on any atom is -0.494 e. The van der Waals surface area contributed by atoms with Crippen LogP contribution in [0.1, 0.15) is 42.1 Å². The summed E-state index contributed by atoms with van der Waals surface area (Å²) in [6, 6.07) is 14.5. The summed E-state index contributed by atoms with van der Waals surface area (Å²) in [4.78, 5) is 12.0. The lowest BCUT2D eigenvalue weighted by Crippen LogP contribution is -2.08. The molecule has 116 valence electrons. The van der Waals surface area contributed by atoms with Crippen molar-refractivity contribution in [3.63, 3.8) is 0 Å². The van der Waals surface area contributed by atoms with Gasteiger partial charge in [0, 0.05) is 0 Å². The first-order valence-corrected chi connectivity index (χ1v) is 7.71. The molecule has 2 aromatic carbocycles. The normalized spacial score (nSPS) is 10.3. The molecule has 0 aliphatic carbocycles. The van der Waals surface area contributed by atoms with Gasteiger partial charge in [-0.1, -0.05) is 37.5 Å². The van der Waals surface area contributed by atoms with Crippen molar-refractivity contribution in [1.29, 1.82) is 0 Å². The fourth-order valence-corrected chi connectivity index (χ4v) is 2.00. The molecule has 0 saturated carbocycles. The molecule has 2 aromatic rings. The molecule has 22 heavy (non-hydrogen) atoms. The van der Waals surface area contributed by atoms with Gasteiger partial charge in [0.25, 0.3) is 0 Å². The van der Waals surface area contributed by atoms with Crippen molar-refractivity contribution in [3.05, 3.63) is 59.7 Å². The quantitative estimate of drug-likeness (QED) is 0.419. The first-order valence-electron chi connectivity index (χ1n) is 7.71. The van der Waals surface area contributed by atoms with Crippen LogP contribution in [0.15, 0.2) is 48.5 Å². The Morgan fingerprint density at radius 3 is 2.18 bits per heavy atom. The molecule has 0 amide bonds. The molecule has 0 heterocycles. The third-order valence-corrected chi connectivity index (χ3v) is 3.34. The van der Waals surface area contributed by atoms with E-state index < -0.39 is 0 Å². The van der Waals surface area contributed by atoms with E-state index in [1.165, 1.54) is 12.8 Å². The molecule has 0 fully saturated rings. The van der Waals surface area contributed by atoms with E-state index in [-0.39, 0.29) is 5.97 Å². The van der Waals surface area contributed by atoms with Crippen LogP contribution in [0.4, 0.5) is 0 Å². The predicted molar refractivity (Wildman–Crippen MR) is 87.6 cm³/mol.